The van der Waals surface area contributed by atoms with E-state index in [0.717, 1.165) is 38.5 Å². The van der Waals surface area contributed by atoms with Crippen molar-refractivity contribution in [1.82, 2.24) is 10.2 Å². The zero-order valence-electron chi connectivity index (χ0n) is 12.5. The molecule has 2 amide bonds. The Kier molecular flexibility index (Phi) is 5.02. The molecule has 0 radical (unpaired) electrons. The topological polar surface area (TPSA) is 75.4 Å². The molecule has 114 valence electrons. The monoisotopic (exact) mass is 281 g/mol. The Morgan fingerprint density at radius 3 is 2.35 bits per heavy atom. The van der Waals surface area contributed by atoms with Crippen molar-refractivity contribution in [2.45, 2.75) is 57.4 Å². The quantitative estimate of drug-likeness (QED) is 0.811. The molecule has 2 rings (SSSR count). The standard InChI is InChI=1S/C15H27N3O2/c1-2-17-13(19)12-6-10-18(11-7-12)14(20)15(16)8-4-3-5-9-15/h12H,2-11,16H2,1H3,(H,17,19). The number of nitrogens with one attached hydrogen (secondary N) is 1. The first-order valence-corrected chi connectivity index (χ1v) is 7.93. The molecule has 1 heterocycles. The highest BCUT2D eigenvalue weighted by Crippen LogP contribution is 2.29. The van der Waals surface area contributed by atoms with Gasteiger partial charge in [0, 0.05) is 25.6 Å². The van der Waals surface area contributed by atoms with Gasteiger partial charge in [0.15, 0.2) is 0 Å². The van der Waals surface area contributed by atoms with Gasteiger partial charge in [0.25, 0.3) is 0 Å². The molecule has 5 nitrogen and oxygen atoms in total. The highest BCUT2D eigenvalue weighted by Gasteiger charge is 2.39. The minimum absolute atomic E-state index is 0.0547. The van der Waals surface area contributed by atoms with Crippen molar-refractivity contribution in [3.05, 3.63) is 0 Å². The number of nitrogens with two attached hydrogens (primary N) is 1. The molecule has 0 spiro atoms. The van der Waals surface area contributed by atoms with Gasteiger partial charge in [-0.3, -0.25) is 9.59 Å². The fourth-order valence-electron chi connectivity index (χ4n) is 3.37. The second kappa shape index (κ2) is 6.57. The molecule has 0 aromatic heterocycles. The predicted octanol–water partition coefficient (Wildman–Crippen LogP) is 1.02. The molecule has 2 fully saturated rings. The van der Waals surface area contributed by atoms with E-state index in [9.17, 15) is 9.59 Å². The fourth-order valence-corrected chi connectivity index (χ4v) is 3.37. The number of hydrogen-bond acceptors (Lipinski definition) is 3. The Bertz CT molecular complexity index is 356. The number of amides is 2. The van der Waals surface area contributed by atoms with Gasteiger partial charge in [0.2, 0.25) is 11.8 Å². The third-order valence-corrected chi connectivity index (χ3v) is 4.68. The lowest BCUT2D eigenvalue weighted by Crippen LogP contribution is -2.58. The highest BCUT2D eigenvalue weighted by molar-refractivity contribution is 5.86. The van der Waals surface area contributed by atoms with E-state index in [1.165, 1.54) is 6.42 Å². The molecule has 5 heteroatoms. The van der Waals surface area contributed by atoms with Crippen LogP contribution in [0.15, 0.2) is 0 Å². The molecule has 0 aromatic rings. The SMILES string of the molecule is CCNC(=O)C1CCN(C(=O)C2(N)CCCCC2)CC1. The van der Waals surface area contributed by atoms with Crippen molar-refractivity contribution in [2.75, 3.05) is 19.6 Å². The van der Waals surface area contributed by atoms with Crippen LogP contribution in [0.25, 0.3) is 0 Å². The fraction of sp³-hybridized carbons (Fsp3) is 0.867. The van der Waals surface area contributed by atoms with Crippen LogP contribution in [-0.2, 0) is 9.59 Å². The maximum absolute atomic E-state index is 12.6. The van der Waals surface area contributed by atoms with Crippen LogP contribution >= 0.6 is 0 Å². The summed E-state index contributed by atoms with van der Waals surface area (Å²) >= 11 is 0. The smallest absolute Gasteiger partial charge is 0.242 e. The van der Waals surface area contributed by atoms with Crippen molar-refractivity contribution >= 4 is 11.8 Å². The van der Waals surface area contributed by atoms with Crippen LogP contribution in [0.4, 0.5) is 0 Å². The Morgan fingerprint density at radius 1 is 1.20 bits per heavy atom. The van der Waals surface area contributed by atoms with Crippen molar-refractivity contribution in [3.8, 4) is 0 Å². The lowest BCUT2D eigenvalue weighted by Gasteiger charge is -2.39. The largest absolute Gasteiger partial charge is 0.356 e. The summed E-state index contributed by atoms with van der Waals surface area (Å²) < 4.78 is 0. The lowest BCUT2D eigenvalue weighted by molar-refractivity contribution is -0.141. The minimum Gasteiger partial charge on any atom is -0.356 e. The first-order valence-electron chi connectivity index (χ1n) is 7.93. The van der Waals surface area contributed by atoms with Crippen LogP contribution in [-0.4, -0.2) is 41.9 Å². The maximum Gasteiger partial charge on any atom is 0.242 e. The second-order valence-electron chi connectivity index (χ2n) is 6.18. The summed E-state index contributed by atoms with van der Waals surface area (Å²) in [5.41, 5.74) is 5.66. The van der Waals surface area contributed by atoms with E-state index in [0.29, 0.717) is 19.6 Å². The number of likely N-dealkylation sites (tertiary alicyclic amines) is 1. The molecule has 0 aromatic carbocycles. The van der Waals surface area contributed by atoms with Crippen LogP contribution in [0, 0.1) is 5.92 Å². The van der Waals surface area contributed by atoms with Crippen LogP contribution in [0.1, 0.15) is 51.9 Å². The summed E-state index contributed by atoms with van der Waals surface area (Å²) in [5, 5.41) is 2.86. The Hall–Kier alpha value is -1.10. The third kappa shape index (κ3) is 3.32. The molecular formula is C15H27N3O2. The Morgan fingerprint density at radius 2 is 1.80 bits per heavy atom. The lowest BCUT2D eigenvalue weighted by atomic mass is 9.81. The number of carbonyl (C=O) groups is 2. The van der Waals surface area contributed by atoms with Gasteiger partial charge in [0.05, 0.1) is 5.54 Å². The van der Waals surface area contributed by atoms with E-state index in [1.54, 1.807) is 0 Å². The van der Waals surface area contributed by atoms with Crippen LogP contribution < -0.4 is 11.1 Å². The van der Waals surface area contributed by atoms with Gasteiger partial charge in [-0.15, -0.1) is 0 Å². The van der Waals surface area contributed by atoms with Gasteiger partial charge in [0.1, 0.15) is 0 Å². The Balaban J connectivity index is 1.87. The number of nitrogens with zero attached hydrogens (tertiary/aromatic N) is 1. The van der Waals surface area contributed by atoms with Gasteiger partial charge in [-0.1, -0.05) is 19.3 Å². The van der Waals surface area contributed by atoms with E-state index >= 15 is 0 Å². The van der Waals surface area contributed by atoms with E-state index in [2.05, 4.69) is 5.32 Å². The van der Waals surface area contributed by atoms with E-state index in [4.69, 9.17) is 5.73 Å². The number of rotatable bonds is 3. The second-order valence-corrected chi connectivity index (χ2v) is 6.18. The molecule has 3 N–H and O–H groups in total. The molecule has 20 heavy (non-hydrogen) atoms. The molecule has 1 aliphatic carbocycles. The van der Waals surface area contributed by atoms with Crippen molar-refractivity contribution in [3.63, 3.8) is 0 Å². The normalized spacial score (nSPS) is 23.4. The van der Waals surface area contributed by atoms with Crippen LogP contribution in [0.3, 0.4) is 0 Å². The van der Waals surface area contributed by atoms with E-state index < -0.39 is 5.54 Å². The minimum atomic E-state index is -0.642. The van der Waals surface area contributed by atoms with Crippen LogP contribution in [0.2, 0.25) is 0 Å². The summed E-state index contributed by atoms with van der Waals surface area (Å²) in [6.45, 7) is 3.93. The molecule has 0 bridgehead atoms. The van der Waals surface area contributed by atoms with Crippen molar-refractivity contribution in [1.29, 1.82) is 0 Å². The van der Waals surface area contributed by atoms with Gasteiger partial charge in [-0.05, 0) is 32.6 Å². The summed E-state index contributed by atoms with van der Waals surface area (Å²) in [7, 11) is 0. The molecular weight excluding hydrogens is 254 g/mol. The number of piperidine rings is 1. The van der Waals surface area contributed by atoms with E-state index in [-0.39, 0.29) is 17.7 Å². The summed E-state index contributed by atoms with van der Waals surface area (Å²) in [6.07, 6.45) is 6.42. The molecule has 1 saturated carbocycles. The zero-order valence-corrected chi connectivity index (χ0v) is 12.5. The molecule has 1 aliphatic heterocycles. The molecule has 2 aliphatic rings. The Labute approximate surface area is 121 Å². The average molecular weight is 281 g/mol. The highest BCUT2D eigenvalue weighted by atomic mass is 16.2. The predicted molar refractivity (Wildman–Crippen MR) is 78.0 cm³/mol. The maximum atomic E-state index is 12.6. The number of hydrogen-bond donors (Lipinski definition) is 2. The number of carbonyl (C=O) groups excluding carboxylic acids is 2. The van der Waals surface area contributed by atoms with Crippen LogP contribution in [0.5, 0.6) is 0 Å². The van der Waals surface area contributed by atoms with Gasteiger partial charge in [-0.2, -0.15) is 0 Å². The average Bonchev–Trinajstić information content (AvgIpc) is 2.48. The van der Waals surface area contributed by atoms with E-state index in [1.807, 2.05) is 11.8 Å². The summed E-state index contributed by atoms with van der Waals surface area (Å²) in [5.74, 6) is 0.283. The van der Waals surface area contributed by atoms with Crippen molar-refractivity contribution in [2.24, 2.45) is 11.7 Å². The molecule has 1 saturated heterocycles. The molecule has 0 atom stereocenters. The van der Waals surface area contributed by atoms with Gasteiger partial charge in [-0.25, -0.2) is 0 Å². The zero-order chi connectivity index (χ0) is 14.6. The van der Waals surface area contributed by atoms with Gasteiger partial charge < -0.3 is 16.0 Å². The summed E-state index contributed by atoms with van der Waals surface area (Å²) in [4.78, 5) is 26.3. The summed E-state index contributed by atoms with van der Waals surface area (Å²) in [6, 6.07) is 0. The first kappa shape index (κ1) is 15.3. The molecule has 0 unspecified atom stereocenters. The first-order chi connectivity index (χ1) is 9.57. The van der Waals surface area contributed by atoms with Crippen molar-refractivity contribution < 1.29 is 9.59 Å². The third-order valence-electron chi connectivity index (χ3n) is 4.68. The van der Waals surface area contributed by atoms with Gasteiger partial charge >= 0.3 is 0 Å².